The van der Waals surface area contributed by atoms with Crippen LogP contribution in [0.3, 0.4) is 0 Å². The summed E-state index contributed by atoms with van der Waals surface area (Å²) < 4.78 is 13.0. The fourth-order valence-corrected chi connectivity index (χ4v) is 3.60. The molecule has 7 nitrogen and oxygen atoms in total. The van der Waals surface area contributed by atoms with Gasteiger partial charge in [0.15, 0.2) is 0 Å². The molecule has 8 heteroatoms. The number of benzene rings is 2. The van der Waals surface area contributed by atoms with Gasteiger partial charge in [0.05, 0.1) is 18.1 Å². The zero-order chi connectivity index (χ0) is 24.0. The van der Waals surface area contributed by atoms with Crippen LogP contribution in [0.25, 0.3) is 0 Å². The number of aromatic nitrogens is 3. The Balaban J connectivity index is 1.61. The van der Waals surface area contributed by atoms with E-state index in [4.69, 9.17) is 21.1 Å². The lowest BCUT2D eigenvalue weighted by atomic mass is 9.77. The summed E-state index contributed by atoms with van der Waals surface area (Å²) >= 11 is 5.63. The molecule has 0 bridgehead atoms. The molecular weight excluding hydrogens is 442 g/mol. The van der Waals surface area contributed by atoms with Crippen LogP contribution in [-0.2, 0) is 12.0 Å². The highest BCUT2D eigenvalue weighted by molar-refractivity contribution is 6.18. The van der Waals surface area contributed by atoms with Gasteiger partial charge in [-0.3, -0.25) is 0 Å². The van der Waals surface area contributed by atoms with Crippen molar-refractivity contribution in [3.8, 4) is 11.5 Å². The van der Waals surface area contributed by atoms with Gasteiger partial charge in [0, 0.05) is 11.6 Å². The number of nitrogens with zero attached hydrogens (tertiary/aromatic N) is 3. The van der Waals surface area contributed by atoms with Gasteiger partial charge >= 0.3 is 0 Å². The molecule has 2 N–H and O–H groups in total. The summed E-state index contributed by atoms with van der Waals surface area (Å²) in [5, 5.41) is 27.7. The van der Waals surface area contributed by atoms with Crippen molar-refractivity contribution in [2.45, 2.75) is 51.9 Å². The second kappa shape index (κ2) is 11.0. The highest BCUT2D eigenvalue weighted by atomic mass is 35.5. The highest BCUT2D eigenvalue weighted by Gasteiger charge is 2.24. The van der Waals surface area contributed by atoms with E-state index >= 15 is 0 Å². The number of hydrogen-bond donors (Lipinski definition) is 2. The maximum Gasteiger partial charge on any atom is 0.122 e. The Labute approximate surface area is 199 Å². The first-order valence-corrected chi connectivity index (χ1v) is 11.5. The molecule has 3 aromatic rings. The van der Waals surface area contributed by atoms with Crippen molar-refractivity contribution in [1.82, 2.24) is 15.0 Å². The van der Waals surface area contributed by atoms with Crippen LogP contribution in [0.5, 0.6) is 11.5 Å². The van der Waals surface area contributed by atoms with E-state index in [1.807, 2.05) is 50.2 Å². The summed E-state index contributed by atoms with van der Waals surface area (Å²) in [6.07, 6.45) is 0.413. The second-order valence-electron chi connectivity index (χ2n) is 8.80. The summed E-state index contributed by atoms with van der Waals surface area (Å²) in [5.74, 6) is 1.58. The molecule has 0 saturated heterocycles. The van der Waals surface area contributed by atoms with Gasteiger partial charge in [0.25, 0.3) is 0 Å². The third-order valence-corrected chi connectivity index (χ3v) is 5.93. The molecule has 33 heavy (non-hydrogen) atoms. The van der Waals surface area contributed by atoms with Crippen LogP contribution < -0.4 is 9.47 Å². The molecule has 1 heterocycles. The maximum absolute atomic E-state index is 10.2. The van der Waals surface area contributed by atoms with Gasteiger partial charge in [-0.25, -0.2) is 4.68 Å². The van der Waals surface area contributed by atoms with Gasteiger partial charge in [0.1, 0.15) is 36.9 Å². The minimum atomic E-state index is -0.684. The van der Waals surface area contributed by atoms with Crippen LogP contribution in [-0.4, -0.2) is 56.5 Å². The molecule has 0 amide bonds. The van der Waals surface area contributed by atoms with Crippen molar-refractivity contribution in [2.75, 3.05) is 19.1 Å². The molecule has 0 aliphatic rings. The van der Waals surface area contributed by atoms with Crippen molar-refractivity contribution in [2.24, 2.45) is 0 Å². The Kier molecular flexibility index (Phi) is 8.35. The Morgan fingerprint density at radius 1 is 0.970 bits per heavy atom. The van der Waals surface area contributed by atoms with Crippen molar-refractivity contribution in [3.63, 3.8) is 0 Å². The number of aryl methyl sites for hydroxylation is 2. The molecule has 1 aromatic heterocycles. The molecule has 178 valence electrons. The molecule has 0 spiro atoms. The predicted octanol–water partition coefficient (Wildman–Crippen LogP) is 3.64. The average molecular weight is 474 g/mol. The van der Waals surface area contributed by atoms with E-state index in [0.717, 1.165) is 28.1 Å². The summed E-state index contributed by atoms with van der Waals surface area (Å²) in [6, 6.07) is 14.0. The van der Waals surface area contributed by atoms with E-state index in [9.17, 15) is 10.2 Å². The number of aliphatic hydroxyl groups excluding tert-OH is 2. The Morgan fingerprint density at radius 3 is 2.24 bits per heavy atom. The van der Waals surface area contributed by atoms with E-state index in [1.165, 1.54) is 0 Å². The first kappa shape index (κ1) is 25.0. The molecular formula is C25H32ClN3O4. The van der Waals surface area contributed by atoms with E-state index in [1.54, 1.807) is 10.9 Å². The lowest BCUT2D eigenvalue weighted by molar-refractivity contribution is 0.0888. The molecule has 3 rings (SSSR count). The Bertz CT molecular complexity index is 1040. The van der Waals surface area contributed by atoms with Crippen LogP contribution in [0.2, 0.25) is 0 Å². The number of halogens is 1. The minimum Gasteiger partial charge on any atom is -0.491 e. The van der Waals surface area contributed by atoms with E-state index in [2.05, 4.69) is 30.2 Å². The van der Waals surface area contributed by atoms with Crippen molar-refractivity contribution in [3.05, 3.63) is 71.0 Å². The minimum absolute atomic E-state index is 0.143. The summed E-state index contributed by atoms with van der Waals surface area (Å²) in [7, 11) is 0. The number of ether oxygens (including phenoxy) is 2. The Morgan fingerprint density at radius 2 is 1.64 bits per heavy atom. The fraction of sp³-hybridized carbons (Fsp3) is 0.440. The lowest BCUT2D eigenvalue weighted by Crippen LogP contribution is -2.24. The van der Waals surface area contributed by atoms with Crippen LogP contribution >= 0.6 is 11.6 Å². The monoisotopic (exact) mass is 473 g/mol. The molecule has 0 radical (unpaired) electrons. The molecule has 0 saturated carbocycles. The third-order valence-electron chi connectivity index (χ3n) is 5.58. The SMILES string of the molecule is Cc1cn(C[C@H](O)COc2ccc(C(C)(C)c3ccc(OC[C@H](O)CCl)c(C)c3)cc2)nn1. The van der Waals surface area contributed by atoms with Gasteiger partial charge in [-0.05, 0) is 48.7 Å². The number of rotatable bonds is 11. The largest absolute Gasteiger partial charge is 0.491 e. The molecule has 0 fully saturated rings. The Hall–Kier alpha value is -2.61. The van der Waals surface area contributed by atoms with E-state index in [-0.39, 0.29) is 24.5 Å². The quantitative estimate of drug-likeness (QED) is 0.413. The molecule has 0 aliphatic heterocycles. The van der Waals surface area contributed by atoms with Crippen molar-refractivity contribution in [1.29, 1.82) is 0 Å². The van der Waals surface area contributed by atoms with Crippen LogP contribution in [0.15, 0.2) is 48.7 Å². The van der Waals surface area contributed by atoms with Crippen LogP contribution in [0.1, 0.15) is 36.2 Å². The second-order valence-corrected chi connectivity index (χ2v) is 9.10. The standard InChI is InChI=1S/C25H32ClN3O4/c1-17-11-20(7-10-24(17)33-15-21(30)12-26)25(3,4)19-5-8-23(9-6-19)32-16-22(31)14-29-13-18(2)27-28-29/h5-11,13,21-22,30-31H,12,14-16H2,1-4H3/t21-,22+/m1/s1. The zero-order valence-corrected chi connectivity index (χ0v) is 20.3. The molecule has 0 aliphatic carbocycles. The molecule has 2 aromatic carbocycles. The third kappa shape index (κ3) is 6.69. The van der Waals surface area contributed by atoms with Gasteiger partial charge in [-0.1, -0.05) is 43.3 Å². The van der Waals surface area contributed by atoms with Gasteiger partial charge < -0.3 is 19.7 Å². The number of hydrogen-bond acceptors (Lipinski definition) is 6. The maximum atomic E-state index is 10.2. The zero-order valence-electron chi connectivity index (χ0n) is 19.5. The summed E-state index contributed by atoms with van der Waals surface area (Å²) in [4.78, 5) is 0. The molecule has 2 atom stereocenters. The van der Waals surface area contributed by atoms with Crippen LogP contribution in [0.4, 0.5) is 0 Å². The van der Waals surface area contributed by atoms with Gasteiger partial charge in [0.2, 0.25) is 0 Å². The highest BCUT2D eigenvalue weighted by Crippen LogP contribution is 2.34. The summed E-state index contributed by atoms with van der Waals surface area (Å²) in [6.45, 7) is 8.84. The number of alkyl halides is 1. The topological polar surface area (TPSA) is 89.6 Å². The first-order chi connectivity index (χ1) is 15.7. The van der Waals surface area contributed by atoms with Crippen molar-refractivity contribution >= 4 is 11.6 Å². The first-order valence-electron chi connectivity index (χ1n) is 10.9. The normalized spacial score (nSPS) is 13.5. The van der Waals surface area contributed by atoms with E-state index < -0.39 is 12.2 Å². The van der Waals surface area contributed by atoms with Gasteiger partial charge in [-0.15, -0.1) is 16.7 Å². The number of aliphatic hydroxyl groups is 2. The fourth-order valence-electron chi connectivity index (χ4n) is 3.51. The lowest BCUT2D eigenvalue weighted by Gasteiger charge is -2.27. The van der Waals surface area contributed by atoms with E-state index in [0.29, 0.717) is 12.3 Å². The average Bonchev–Trinajstić information content (AvgIpc) is 3.21. The predicted molar refractivity (Wildman–Crippen MR) is 128 cm³/mol. The van der Waals surface area contributed by atoms with Crippen molar-refractivity contribution < 1.29 is 19.7 Å². The summed E-state index contributed by atoms with van der Waals surface area (Å²) in [5.41, 5.74) is 3.86. The molecule has 0 unspecified atom stereocenters. The smallest absolute Gasteiger partial charge is 0.122 e. The van der Waals surface area contributed by atoms with Gasteiger partial charge in [-0.2, -0.15) is 0 Å². The van der Waals surface area contributed by atoms with Crippen LogP contribution in [0, 0.1) is 13.8 Å².